The summed E-state index contributed by atoms with van der Waals surface area (Å²) in [5.41, 5.74) is 2.64. The Morgan fingerprint density at radius 2 is 1.71 bits per heavy atom. The van der Waals surface area contributed by atoms with Gasteiger partial charge in [-0.3, -0.25) is 14.4 Å². The van der Waals surface area contributed by atoms with E-state index in [0.29, 0.717) is 39.9 Å². The number of hydrogen-bond acceptors (Lipinski definition) is 7. The van der Waals surface area contributed by atoms with E-state index in [1.54, 1.807) is 26.4 Å². The van der Waals surface area contributed by atoms with Crippen molar-refractivity contribution in [1.82, 2.24) is 4.98 Å². The molecule has 1 aliphatic heterocycles. The Labute approximate surface area is 207 Å². The molecule has 35 heavy (non-hydrogen) atoms. The maximum absolute atomic E-state index is 13.3. The summed E-state index contributed by atoms with van der Waals surface area (Å²) in [6, 6.07) is 17.0. The molecule has 0 saturated carbocycles. The number of carbonyl (C=O) groups is 1. The smallest absolute Gasteiger partial charge is 0.264 e. The van der Waals surface area contributed by atoms with Gasteiger partial charge >= 0.3 is 0 Å². The minimum atomic E-state index is -3.75. The van der Waals surface area contributed by atoms with Crippen molar-refractivity contribution in [3.8, 4) is 11.5 Å². The molecule has 1 aliphatic rings. The molecule has 1 N–H and O–H groups in total. The number of aromatic nitrogens is 1. The molecule has 0 radical (unpaired) electrons. The van der Waals surface area contributed by atoms with Crippen LogP contribution in [0.5, 0.6) is 11.5 Å². The Kier molecular flexibility index (Phi) is 6.08. The summed E-state index contributed by atoms with van der Waals surface area (Å²) in [6.45, 7) is 0.423. The van der Waals surface area contributed by atoms with Crippen molar-refractivity contribution in [2.24, 2.45) is 0 Å². The van der Waals surface area contributed by atoms with E-state index in [4.69, 9.17) is 9.47 Å². The quantitative estimate of drug-likeness (QED) is 0.404. The van der Waals surface area contributed by atoms with Crippen molar-refractivity contribution in [2.45, 2.75) is 17.7 Å². The molecule has 0 fully saturated rings. The fraction of sp³-hybridized carbons (Fsp3) is 0.200. The second-order valence-corrected chi connectivity index (χ2v) is 10.8. The second-order valence-electron chi connectivity index (χ2n) is 7.95. The number of anilines is 2. The van der Waals surface area contributed by atoms with Crippen LogP contribution in [0.4, 0.5) is 10.8 Å². The SMILES string of the molecule is COc1ccc(OC)c2sc(NC(=O)c3ccc(S(=O)(=O)N4CCCc5ccccc54)cc3)nc12. The van der Waals surface area contributed by atoms with Crippen LogP contribution in [0.3, 0.4) is 0 Å². The third-order valence-electron chi connectivity index (χ3n) is 5.90. The lowest BCUT2D eigenvalue weighted by Crippen LogP contribution is -2.35. The van der Waals surface area contributed by atoms with Gasteiger partial charge in [-0.15, -0.1) is 0 Å². The fourth-order valence-corrected chi connectivity index (χ4v) is 6.67. The summed E-state index contributed by atoms with van der Waals surface area (Å²) in [5.74, 6) is 0.813. The van der Waals surface area contributed by atoms with Crippen molar-refractivity contribution in [3.05, 3.63) is 71.8 Å². The molecule has 3 aromatic carbocycles. The zero-order chi connectivity index (χ0) is 24.6. The van der Waals surface area contributed by atoms with E-state index < -0.39 is 15.9 Å². The summed E-state index contributed by atoms with van der Waals surface area (Å²) in [7, 11) is -0.627. The first-order valence-corrected chi connectivity index (χ1v) is 13.2. The van der Waals surface area contributed by atoms with Crippen LogP contribution in [0.2, 0.25) is 0 Å². The number of para-hydroxylation sites is 1. The number of methoxy groups -OCH3 is 2. The van der Waals surface area contributed by atoms with E-state index in [-0.39, 0.29) is 4.90 Å². The summed E-state index contributed by atoms with van der Waals surface area (Å²) in [5, 5.41) is 3.17. The number of benzene rings is 3. The molecule has 2 heterocycles. The van der Waals surface area contributed by atoms with Crippen LogP contribution >= 0.6 is 11.3 Å². The lowest BCUT2D eigenvalue weighted by Gasteiger charge is -2.30. The highest BCUT2D eigenvalue weighted by Gasteiger charge is 2.29. The molecule has 0 unspecified atom stereocenters. The van der Waals surface area contributed by atoms with E-state index in [1.807, 2.05) is 24.3 Å². The number of carbonyl (C=O) groups excluding carboxylic acids is 1. The predicted molar refractivity (Wildman–Crippen MR) is 136 cm³/mol. The Bertz CT molecular complexity index is 1470. The predicted octanol–water partition coefficient (Wildman–Crippen LogP) is 4.71. The van der Waals surface area contributed by atoms with Gasteiger partial charge in [-0.2, -0.15) is 0 Å². The average Bonchev–Trinajstić information content (AvgIpc) is 3.31. The van der Waals surface area contributed by atoms with Gasteiger partial charge in [0.2, 0.25) is 0 Å². The molecule has 10 heteroatoms. The maximum Gasteiger partial charge on any atom is 0.264 e. The number of hydrogen-bond donors (Lipinski definition) is 1. The van der Waals surface area contributed by atoms with Crippen LogP contribution in [0.1, 0.15) is 22.3 Å². The normalized spacial score (nSPS) is 13.4. The van der Waals surface area contributed by atoms with E-state index in [0.717, 1.165) is 23.1 Å². The number of fused-ring (bicyclic) bond motifs is 2. The Morgan fingerprint density at radius 3 is 2.46 bits per heavy atom. The Balaban J connectivity index is 1.38. The highest BCUT2D eigenvalue weighted by Crippen LogP contribution is 2.39. The number of thiazole rings is 1. The van der Waals surface area contributed by atoms with Gasteiger partial charge in [0.1, 0.15) is 21.7 Å². The van der Waals surface area contributed by atoms with Gasteiger partial charge in [-0.25, -0.2) is 13.4 Å². The first-order chi connectivity index (χ1) is 16.9. The molecule has 0 spiro atoms. The number of rotatable bonds is 6. The molecule has 0 aliphatic carbocycles. The molecular formula is C25H23N3O5S2. The molecule has 8 nitrogen and oxygen atoms in total. The van der Waals surface area contributed by atoms with Crippen molar-refractivity contribution >= 4 is 48.3 Å². The van der Waals surface area contributed by atoms with Crippen LogP contribution in [0.25, 0.3) is 10.2 Å². The highest BCUT2D eigenvalue weighted by molar-refractivity contribution is 7.92. The van der Waals surface area contributed by atoms with Crippen molar-refractivity contribution in [3.63, 3.8) is 0 Å². The van der Waals surface area contributed by atoms with Crippen LogP contribution in [0.15, 0.2) is 65.6 Å². The monoisotopic (exact) mass is 509 g/mol. The lowest BCUT2D eigenvalue weighted by atomic mass is 10.0. The largest absolute Gasteiger partial charge is 0.495 e. The molecule has 1 aromatic heterocycles. The number of sulfonamides is 1. The zero-order valence-electron chi connectivity index (χ0n) is 19.1. The molecule has 0 bridgehead atoms. The average molecular weight is 510 g/mol. The van der Waals surface area contributed by atoms with Gasteiger partial charge in [0.25, 0.3) is 15.9 Å². The van der Waals surface area contributed by atoms with E-state index in [1.165, 1.54) is 39.9 Å². The minimum Gasteiger partial charge on any atom is -0.495 e. The Morgan fingerprint density at radius 1 is 1.00 bits per heavy atom. The second kappa shape index (κ2) is 9.20. The van der Waals surface area contributed by atoms with Crippen LogP contribution in [0, 0.1) is 0 Å². The Hall–Kier alpha value is -3.63. The van der Waals surface area contributed by atoms with E-state index in [9.17, 15) is 13.2 Å². The molecule has 1 amide bonds. The van der Waals surface area contributed by atoms with Gasteiger partial charge in [0.15, 0.2) is 5.13 Å². The lowest BCUT2D eigenvalue weighted by molar-refractivity contribution is 0.102. The van der Waals surface area contributed by atoms with E-state index >= 15 is 0 Å². The highest BCUT2D eigenvalue weighted by atomic mass is 32.2. The maximum atomic E-state index is 13.3. The van der Waals surface area contributed by atoms with Gasteiger partial charge in [-0.05, 0) is 60.9 Å². The molecule has 5 rings (SSSR count). The first kappa shape index (κ1) is 23.1. The molecule has 0 saturated heterocycles. The molecule has 0 atom stereocenters. The number of nitrogens with zero attached hydrogens (tertiary/aromatic N) is 2. The zero-order valence-corrected chi connectivity index (χ0v) is 20.8. The van der Waals surface area contributed by atoms with Crippen molar-refractivity contribution in [2.75, 3.05) is 30.4 Å². The summed E-state index contributed by atoms with van der Waals surface area (Å²) in [6.07, 6.45) is 1.61. The van der Waals surface area contributed by atoms with Crippen LogP contribution in [-0.4, -0.2) is 40.1 Å². The van der Waals surface area contributed by atoms with Crippen LogP contribution in [-0.2, 0) is 16.4 Å². The summed E-state index contributed by atoms with van der Waals surface area (Å²) < 4.78 is 39.6. The van der Waals surface area contributed by atoms with Crippen LogP contribution < -0.4 is 19.1 Å². The van der Waals surface area contributed by atoms with Crippen molar-refractivity contribution in [1.29, 1.82) is 0 Å². The topological polar surface area (TPSA) is 97.8 Å². The standard InChI is InChI=1S/C25H23N3O5S2/c1-32-20-13-14-21(33-2)23-22(20)26-25(34-23)27-24(29)17-9-11-18(12-10-17)35(30,31)28-15-5-7-16-6-3-4-8-19(16)28/h3-4,6,8-14H,5,7,15H2,1-2H3,(H,26,27,29). The summed E-state index contributed by atoms with van der Waals surface area (Å²) >= 11 is 1.27. The van der Waals surface area contributed by atoms with Gasteiger partial charge < -0.3 is 9.47 Å². The van der Waals surface area contributed by atoms with Gasteiger partial charge in [0.05, 0.1) is 24.8 Å². The molecule has 4 aromatic rings. The number of nitrogens with one attached hydrogen (secondary N) is 1. The third-order valence-corrected chi connectivity index (χ3v) is 8.72. The van der Waals surface area contributed by atoms with E-state index in [2.05, 4.69) is 10.3 Å². The van der Waals surface area contributed by atoms with Crippen molar-refractivity contribution < 1.29 is 22.7 Å². The van der Waals surface area contributed by atoms with Gasteiger partial charge in [0, 0.05) is 12.1 Å². The first-order valence-electron chi connectivity index (χ1n) is 11.0. The molecular weight excluding hydrogens is 486 g/mol. The minimum absolute atomic E-state index is 0.139. The van der Waals surface area contributed by atoms with Gasteiger partial charge in [-0.1, -0.05) is 29.5 Å². The summed E-state index contributed by atoms with van der Waals surface area (Å²) in [4.78, 5) is 17.5. The molecule has 180 valence electrons. The fourth-order valence-electron chi connectivity index (χ4n) is 4.16. The number of aryl methyl sites for hydroxylation is 1. The third kappa shape index (κ3) is 4.19. The number of ether oxygens (including phenoxy) is 2. The number of amides is 1.